The van der Waals surface area contributed by atoms with E-state index in [2.05, 4.69) is 0 Å². The van der Waals surface area contributed by atoms with Crippen LogP contribution in [-0.4, -0.2) is 0 Å². The SMILES string of the molecule is [Cu+2].[Ni+2].[O]=[Cr](=[O])([O-])[O-].[O]=[Cr](=[O])([O-])[O-]. The molecule has 0 fully saturated rings. The molecule has 0 saturated heterocycles. The molecule has 0 heterocycles. The van der Waals surface area contributed by atoms with Crippen LogP contribution in [0.4, 0.5) is 0 Å². The van der Waals surface area contributed by atoms with Gasteiger partial charge in [0.1, 0.15) is 0 Å². The molecule has 0 saturated carbocycles. The summed E-state index contributed by atoms with van der Waals surface area (Å²) in [5.41, 5.74) is 0. The second-order valence-electron chi connectivity index (χ2n) is 0.816. The van der Waals surface area contributed by atoms with E-state index in [0.29, 0.717) is 0 Å². The van der Waals surface area contributed by atoms with E-state index in [0.717, 1.165) is 0 Å². The molecule has 0 N–H and O–H groups in total. The third-order valence-corrected chi connectivity index (χ3v) is 0. The first-order valence-corrected chi connectivity index (χ1v) is 5.50. The zero-order chi connectivity index (χ0) is 9.00. The summed E-state index contributed by atoms with van der Waals surface area (Å²) in [4.78, 5) is 0. The Hall–Kier alpha value is 1.12. The molecule has 12 heteroatoms. The minimum absolute atomic E-state index is 0. The van der Waals surface area contributed by atoms with Crippen molar-refractivity contribution in [3.05, 3.63) is 0 Å². The fraction of sp³-hybridized carbons (Fsp3) is 0. The van der Waals surface area contributed by atoms with Gasteiger partial charge in [-0.05, 0) is 0 Å². The van der Waals surface area contributed by atoms with E-state index in [4.69, 9.17) is 31.8 Å². The van der Waals surface area contributed by atoms with Crippen molar-refractivity contribution in [2.45, 2.75) is 0 Å². The van der Waals surface area contributed by atoms with Crippen LogP contribution in [0.1, 0.15) is 0 Å². The molecule has 12 heavy (non-hydrogen) atoms. The Morgan fingerprint density at radius 2 is 0.667 bits per heavy atom. The summed E-state index contributed by atoms with van der Waals surface area (Å²) in [6.45, 7) is 0. The molecule has 0 bridgehead atoms. The first-order chi connectivity index (χ1) is 4.00. The van der Waals surface area contributed by atoms with Crippen molar-refractivity contribution in [1.29, 1.82) is 0 Å². The van der Waals surface area contributed by atoms with Crippen LogP contribution in [0.15, 0.2) is 0 Å². The second-order valence-corrected chi connectivity index (χ2v) is 3.37. The van der Waals surface area contributed by atoms with Gasteiger partial charge in [-0.2, -0.15) is 0 Å². The summed E-state index contributed by atoms with van der Waals surface area (Å²) in [6, 6.07) is 0. The van der Waals surface area contributed by atoms with Gasteiger partial charge in [-0.3, -0.25) is 0 Å². The van der Waals surface area contributed by atoms with Crippen molar-refractivity contribution >= 4 is 0 Å². The Morgan fingerprint density at radius 3 is 0.667 bits per heavy atom. The molecule has 0 aliphatic rings. The fourth-order valence-corrected chi connectivity index (χ4v) is 0. The second kappa shape index (κ2) is 8.70. The predicted molar refractivity (Wildman–Crippen MR) is 2.75 cm³/mol. The Labute approximate surface area is 92.1 Å². The molecule has 0 unspecified atom stereocenters. The van der Waals surface area contributed by atoms with Crippen LogP contribution in [0.5, 0.6) is 0 Å². The van der Waals surface area contributed by atoms with E-state index < -0.39 is 27.2 Å². The monoisotopic (exact) mass is 353 g/mol. The predicted octanol–water partition coefficient (Wildman–Crippen LogP) is -5.24. The van der Waals surface area contributed by atoms with Crippen molar-refractivity contribution in [3.63, 3.8) is 0 Å². The molecule has 0 spiro atoms. The Kier molecular flexibility index (Phi) is 16.8. The van der Waals surface area contributed by atoms with Crippen molar-refractivity contribution in [2.24, 2.45) is 0 Å². The van der Waals surface area contributed by atoms with E-state index in [-0.39, 0.29) is 33.6 Å². The van der Waals surface area contributed by atoms with Gasteiger partial charge in [-0.1, -0.05) is 0 Å². The van der Waals surface area contributed by atoms with Crippen LogP contribution in [0, 0.1) is 0 Å². The zero-order valence-electron chi connectivity index (χ0n) is 4.70. The average Bonchev–Trinajstić information content (AvgIpc) is 1.12. The Balaban J connectivity index is -0.0000000457. The van der Waals surface area contributed by atoms with Gasteiger partial charge in [0.15, 0.2) is 0 Å². The summed E-state index contributed by atoms with van der Waals surface area (Å²) in [6.07, 6.45) is 0. The van der Waals surface area contributed by atoms with Gasteiger partial charge < -0.3 is 0 Å². The number of rotatable bonds is 0. The van der Waals surface area contributed by atoms with E-state index in [1.54, 1.807) is 0 Å². The van der Waals surface area contributed by atoms with Gasteiger partial charge in [0.2, 0.25) is 0 Å². The van der Waals surface area contributed by atoms with Crippen LogP contribution in [0.2, 0.25) is 0 Å². The molecule has 0 aliphatic heterocycles. The van der Waals surface area contributed by atoms with Gasteiger partial charge in [-0.25, -0.2) is 0 Å². The number of hydrogen-bond donors (Lipinski definition) is 0. The number of hydrogen-bond acceptors (Lipinski definition) is 8. The molecule has 0 aromatic rings. The molecule has 0 aromatic carbocycles. The van der Waals surface area contributed by atoms with E-state index >= 15 is 0 Å². The van der Waals surface area contributed by atoms with Crippen molar-refractivity contribution in [2.75, 3.05) is 0 Å². The molecule has 81 valence electrons. The van der Waals surface area contributed by atoms with Crippen molar-refractivity contribution < 1.29 is 92.6 Å². The summed E-state index contributed by atoms with van der Waals surface area (Å²) in [5.74, 6) is 0. The maximum atomic E-state index is 8.59. The summed E-state index contributed by atoms with van der Waals surface area (Å²) in [7, 11) is 0. The molecule has 0 atom stereocenters. The zero-order valence-corrected chi connectivity index (χ0v) is 9.18. The molecule has 0 amide bonds. The molecule has 0 rings (SSSR count). The van der Waals surface area contributed by atoms with E-state index in [1.165, 1.54) is 0 Å². The fourth-order valence-electron chi connectivity index (χ4n) is 0. The van der Waals surface area contributed by atoms with Crippen LogP contribution in [0.25, 0.3) is 0 Å². The van der Waals surface area contributed by atoms with Crippen molar-refractivity contribution in [1.82, 2.24) is 0 Å². The Morgan fingerprint density at radius 1 is 0.667 bits per heavy atom. The quantitative estimate of drug-likeness (QED) is 0.390. The van der Waals surface area contributed by atoms with Crippen LogP contribution in [-0.2, 0) is 76.0 Å². The van der Waals surface area contributed by atoms with E-state index in [1.807, 2.05) is 0 Å². The molecule has 0 aliphatic carbocycles. The molecule has 1 radical (unpaired) electrons. The first-order valence-electron chi connectivity index (χ1n) is 1.33. The van der Waals surface area contributed by atoms with E-state index in [9.17, 15) is 0 Å². The van der Waals surface area contributed by atoms with Gasteiger partial charge >= 0.3 is 92.6 Å². The normalized spacial score (nSPS) is 9.67. The third-order valence-electron chi connectivity index (χ3n) is 0. The average molecular weight is 354 g/mol. The molecule has 8 nitrogen and oxygen atoms in total. The van der Waals surface area contributed by atoms with Gasteiger partial charge in [0, 0.05) is 0 Å². The molecule has 0 aromatic heterocycles. The van der Waals surface area contributed by atoms with Gasteiger partial charge in [-0.15, -0.1) is 0 Å². The summed E-state index contributed by atoms with van der Waals surface area (Å²) >= 11 is -11.5. The molecular weight excluding hydrogens is 354 g/mol. The van der Waals surface area contributed by atoms with Gasteiger partial charge in [0.25, 0.3) is 0 Å². The summed E-state index contributed by atoms with van der Waals surface area (Å²) < 4.78 is 68.8. The first kappa shape index (κ1) is 23.2. The summed E-state index contributed by atoms with van der Waals surface area (Å²) in [5, 5.41) is 0. The topological polar surface area (TPSA) is 161 Å². The standard InChI is InChI=1S/2Cr.Cu.Ni.8O/q;;2*+2;;;;;4*-1. The van der Waals surface area contributed by atoms with Gasteiger partial charge in [0.05, 0.1) is 0 Å². The van der Waals surface area contributed by atoms with Crippen molar-refractivity contribution in [3.8, 4) is 0 Å². The molecular formula is Cr2CuNiO8. The van der Waals surface area contributed by atoms with Crippen LogP contribution < -0.4 is 16.6 Å². The minimum atomic E-state index is -5.75. The van der Waals surface area contributed by atoms with Crippen LogP contribution in [0.3, 0.4) is 0 Å². The Bertz CT molecular complexity index is 213. The third kappa shape index (κ3) is 911. The van der Waals surface area contributed by atoms with Crippen LogP contribution >= 0.6 is 0 Å². The maximum absolute atomic E-state index is 8.59.